The number of carbonyl (C=O) groups is 1. The van der Waals surface area contributed by atoms with Crippen LogP contribution in [0.2, 0.25) is 0 Å². The van der Waals surface area contributed by atoms with Gasteiger partial charge in [0.1, 0.15) is 0 Å². The summed E-state index contributed by atoms with van der Waals surface area (Å²) in [7, 11) is 0. The van der Waals surface area contributed by atoms with Gasteiger partial charge in [-0.25, -0.2) is 4.79 Å². The van der Waals surface area contributed by atoms with E-state index in [0.717, 1.165) is 12.8 Å². The smallest absolute Gasteiger partial charge is 0.339 e. The first-order valence-corrected chi connectivity index (χ1v) is 6.52. The first-order chi connectivity index (χ1) is 8.50. The van der Waals surface area contributed by atoms with Gasteiger partial charge in [-0.1, -0.05) is 43.7 Å². The van der Waals surface area contributed by atoms with E-state index in [0.29, 0.717) is 12.2 Å². The molecule has 1 rings (SSSR count). The second kappa shape index (κ2) is 6.76. The van der Waals surface area contributed by atoms with Crippen LogP contribution in [0.1, 0.15) is 37.6 Å². The summed E-state index contributed by atoms with van der Waals surface area (Å²) in [4.78, 5) is 11.8. The van der Waals surface area contributed by atoms with E-state index >= 15 is 0 Å². The van der Waals surface area contributed by atoms with Gasteiger partial charge in [0.15, 0.2) is 5.60 Å². The molecule has 1 aromatic carbocycles. The molecule has 3 nitrogen and oxygen atoms in total. The van der Waals surface area contributed by atoms with Crippen molar-refractivity contribution >= 4 is 17.6 Å². The quantitative estimate of drug-likeness (QED) is 0.491. The van der Waals surface area contributed by atoms with Crippen LogP contribution in [0.3, 0.4) is 0 Å². The number of unbranched alkanes of at least 4 members (excludes halogenated alkanes) is 1. The van der Waals surface area contributed by atoms with Crippen molar-refractivity contribution in [3.8, 4) is 0 Å². The maximum Gasteiger partial charge on any atom is 0.339 e. The minimum absolute atomic E-state index is 0.309. The van der Waals surface area contributed by atoms with E-state index < -0.39 is 16.9 Å². The summed E-state index contributed by atoms with van der Waals surface area (Å²) in [5.41, 5.74) is -1.03. The Bertz CT molecular complexity index is 376. The topological polar surface area (TPSA) is 46.5 Å². The van der Waals surface area contributed by atoms with Gasteiger partial charge in [0, 0.05) is 0 Å². The number of benzene rings is 1. The van der Waals surface area contributed by atoms with E-state index in [9.17, 15) is 9.90 Å². The molecular formula is C14H19ClO3. The van der Waals surface area contributed by atoms with Crippen LogP contribution in [0.4, 0.5) is 0 Å². The van der Waals surface area contributed by atoms with Crippen LogP contribution in [-0.4, -0.2) is 23.3 Å². The summed E-state index contributed by atoms with van der Waals surface area (Å²) in [6.45, 7) is 3.69. The van der Waals surface area contributed by atoms with Crippen LogP contribution in [0, 0.1) is 0 Å². The highest BCUT2D eigenvalue weighted by molar-refractivity contribution is 6.23. The minimum Gasteiger partial charge on any atom is -0.464 e. The molecule has 0 fully saturated rings. The summed E-state index contributed by atoms with van der Waals surface area (Å²) in [6, 6.07) is 9.00. The third-order valence-corrected chi connectivity index (χ3v) is 3.41. The largest absolute Gasteiger partial charge is 0.464 e. The van der Waals surface area contributed by atoms with Crippen molar-refractivity contribution in [3.05, 3.63) is 35.9 Å². The molecule has 100 valence electrons. The third kappa shape index (κ3) is 3.72. The molecule has 1 N–H and O–H groups in total. The summed E-state index contributed by atoms with van der Waals surface area (Å²) >= 11 is 6.15. The summed E-state index contributed by atoms with van der Waals surface area (Å²) in [5.74, 6) is -0.681. The molecule has 0 radical (unpaired) electrons. The lowest BCUT2D eigenvalue weighted by atomic mass is 9.96. The minimum atomic E-state index is -1.73. The van der Waals surface area contributed by atoms with Crippen molar-refractivity contribution in [2.75, 3.05) is 6.61 Å². The van der Waals surface area contributed by atoms with Crippen molar-refractivity contribution < 1.29 is 14.6 Å². The fourth-order valence-electron chi connectivity index (χ4n) is 1.51. The Morgan fingerprint density at radius 1 is 1.44 bits per heavy atom. The number of rotatable bonds is 6. The lowest BCUT2D eigenvalue weighted by Crippen LogP contribution is -2.41. The predicted molar refractivity (Wildman–Crippen MR) is 71.5 cm³/mol. The molecule has 0 aliphatic rings. The molecule has 18 heavy (non-hydrogen) atoms. The number of halogens is 1. The zero-order valence-corrected chi connectivity index (χ0v) is 11.5. The van der Waals surface area contributed by atoms with E-state index in [-0.39, 0.29) is 0 Å². The molecule has 0 heterocycles. The van der Waals surface area contributed by atoms with Crippen LogP contribution in [0.25, 0.3) is 0 Å². The van der Waals surface area contributed by atoms with Crippen LogP contribution in [0.5, 0.6) is 0 Å². The molecule has 0 unspecified atom stereocenters. The van der Waals surface area contributed by atoms with Gasteiger partial charge in [-0.2, -0.15) is 0 Å². The number of carbonyl (C=O) groups excluding carboxylic acids is 1. The van der Waals surface area contributed by atoms with Gasteiger partial charge in [0.05, 0.1) is 12.0 Å². The van der Waals surface area contributed by atoms with Gasteiger partial charge in [0.2, 0.25) is 0 Å². The Morgan fingerprint density at radius 3 is 2.61 bits per heavy atom. The zero-order chi connectivity index (χ0) is 13.6. The monoisotopic (exact) mass is 270 g/mol. The Balaban J connectivity index is 2.70. The Kier molecular flexibility index (Phi) is 5.63. The number of ether oxygens (including phenoxy) is 1. The lowest BCUT2D eigenvalue weighted by molar-refractivity contribution is -0.164. The highest BCUT2D eigenvalue weighted by atomic mass is 35.5. The molecule has 0 aliphatic carbocycles. The highest BCUT2D eigenvalue weighted by Crippen LogP contribution is 2.33. The molecule has 2 atom stereocenters. The SMILES string of the molecule is CCCCOC(=O)[C@](C)(O)[C@@H](Cl)c1ccccc1. The molecule has 0 aliphatic heterocycles. The first kappa shape index (κ1) is 15.0. The molecule has 0 amide bonds. The third-order valence-electron chi connectivity index (χ3n) is 2.73. The van der Waals surface area contributed by atoms with Gasteiger partial charge < -0.3 is 9.84 Å². The molecule has 0 bridgehead atoms. The van der Waals surface area contributed by atoms with Crippen LogP contribution < -0.4 is 0 Å². The number of alkyl halides is 1. The van der Waals surface area contributed by atoms with Crippen LogP contribution >= 0.6 is 11.6 Å². The Labute approximate surface area is 113 Å². The fourth-order valence-corrected chi connectivity index (χ4v) is 1.74. The van der Waals surface area contributed by atoms with Crippen LogP contribution in [-0.2, 0) is 9.53 Å². The zero-order valence-electron chi connectivity index (χ0n) is 10.7. The van der Waals surface area contributed by atoms with Crippen molar-refractivity contribution in [2.45, 2.75) is 37.7 Å². The molecule has 0 saturated carbocycles. The average Bonchev–Trinajstić information content (AvgIpc) is 2.39. The molecule has 0 aromatic heterocycles. The van der Waals surface area contributed by atoms with Gasteiger partial charge in [-0.05, 0) is 18.9 Å². The maximum atomic E-state index is 11.8. The highest BCUT2D eigenvalue weighted by Gasteiger charge is 2.40. The van der Waals surface area contributed by atoms with Gasteiger partial charge in [0.25, 0.3) is 0 Å². The lowest BCUT2D eigenvalue weighted by Gasteiger charge is -2.26. The van der Waals surface area contributed by atoms with Crippen molar-refractivity contribution in [1.29, 1.82) is 0 Å². The number of esters is 1. The van der Waals surface area contributed by atoms with E-state index in [4.69, 9.17) is 16.3 Å². The molecular weight excluding hydrogens is 252 g/mol. The fraction of sp³-hybridized carbons (Fsp3) is 0.500. The van der Waals surface area contributed by atoms with Gasteiger partial charge in [-0.15, -0.1) is 11.6 Å². The first-order valence-electron chi connectivity index (χ1n) is 6.08. The van der Waals surface area contributed by atoms with Crippen molar-refractivity contribution in [1.82, 2.24) is 0 Å². The summed E-state index contributed by atoms with van der Waals surface area (Å²) < 4.78 is 5.02. The molecule has 1 aromatic rings. The van der Waals surface area contributed by atoms with Crippen LogP contribution in [0.15, 0.2) is 30.3 Å². The van der Waals surface area contributed by atoms with E-state index in [1.807, 2.05) is 25.1 Å². The average molecular weight is 271 g/mol. The van der Waals surface area contributed by atoms with E-state index in [1.54, 1.807) is 12.1 Å². The Morgan fingerprint density at radius 2 is 2.06 bits per heavy atom. The second-order valence-electron chi connectivity index (χ2n) is 4.41. The molecule has 4 heteroatoms. The normalized spacial score (nSPS) is 15.8. The summed E-state index contributed by atoms with van der Waals surface area (Å²) in [6.07, 6.45) is 1.71. The van der Waals surface area contributed by atoms with E-state index in [1.165, 1.54) is 6.92 Å². The maximum absolute atomic E-state index is 11.8. The van der Waals surface area contributed by atoms with E-state index in [2.05, 4.69) is 0 Å². The van der Waals surface area contributed by atoms with Gasteiger partial charge in [-0.3, -0.25) is 0 Å². The predicted octanol–water partition coefficient (Wildman–Crippen LogP) is 3.06. The standard InChI is InChI=1S/C14H19ClO3/c1-3-4-10-18-13(16)14(2,17)12(15)11-8-6-5-7-9-11/h5-9,12,17H,3-4,10H2,1-2H3/t12-,14+/m0/s1. The summed E-state index contributed by atoms with van der Waals surface area (Å²) in [5, 5.41) is 9.37. The number of hydrogen-bond acceptors (Lipinski definition) is 3. The van der Waals surface area contributed by atoms with Gasteiger partial charge >= 0.3 is 5.97 Å². The Hall–Kier alpha value is -1.06. The number of aliphatic hydroxyl groups is 1. The second-order valence-corrected chi connectivity index (χ2v) is 4.85. The van der Waals surface area contributed by atoms with Crippen molar-refractivity contribution in [2.24, 2.45) is 0 Å². The molecule has 0 saturated heterocycles. The number of hydrogen-bond donors (Lipinski definition) is 1. The van der Waals surface area contributed by atoms with Crippen molar-refractivity contribution in [3.63, 3.8) is 0 Å². The molecule has 0 spiro atoms.